The van der Waals surface area contributed by atoms with E-state index in [1.54, 1.807) is 18.2 Å². The van der Waals surface area contributed by atoms with Gasteiger partial charge in [-0.1, -0.05) is 42.5 Å². The fourth-order valence-electron chi connectivity index (χ4n) is 2.72. The first-order valence-corrected chi connectivity index (χ1v) is 9.89. The van der Waals surface area contributed by atoms with Crippen molar-refractivity contribution in [1.82, 2.24) is 4.98 Å². The predicted octanol–water partition coefficient (Wildman–Crippen LogP) is 3.52. The Morgan fingerprint density at radius 1 is 1.14 bits per heavy atom. The number of amides is 1. The van der Waals surface area contributed by atoms with Gasteiger partial charge in [0.1, 0.15) is 6.61 Å². The lowest BCUT2D eigenvalue weighted by atomic mass is 10.2. The number of carbonyl (C=O) groups excluding carboxylic acids is 2. The molecule has 0 radical (unpaired) electrons. The second-order valence-corrected chi connectivity index (χ2v) is 7.19. The molecule has 4 rings (SSSR count). The van der Waals surface area contributed by atoms with Crippen LogP contribution in [0.25, 0.3) is 11.3 Å². The van der Waals surface area contributed by atoms with Gasteiger partial charge in [0.15, 0.2) is 22.7 Å². The Morgan fingerprint density at radius 3 is 2.66 bits per heavy atom. The number of nitrogens with zero attached hydrogens (tertiary/aromatic N) is 1. The topological polar surface area (TPSA) is 86.8 Å². The highest BCUT2D eigenvalue weighted by Crippen LogP contribution is 2.31. The van der Waals surface area contributed by atoms with Crippen molar-refractivity contribution in [2.45, 2.75) is 19.1 Å². The number of anilines is 1. The maximum Gasteiger partial charge on any atom is 0.351 e. The molecule has 1 aromatic heterocycles. The van der Waals surface area contributed by atoms with E-state index in [9.17, 15) is 9.59 Å². The molecule has 7 nitrogen and oxygen atoms in total. The molecule has 29 heavy (non-hydrogen) atoms. The smallest absolute Gasteiger partial charge is 0.351 e. The second-order valence-electron chi connectivity index (χ2n) is 6.34. The van der Waals surface area contributed by atoms with Crippen molar-refractivity contribution in [2.75, 3.05) is 11.9 Å². The lowest BCUT2D eigenvalue weighted by Gasteiger charge is -2.25. The SMILES string of the molecule is C[C@H](OC(=O)[C@H]1COc2ccccc2O1)C(=O)Nc1nc(-c2ccccc2)cs1. The molecule has 8 heteroatoms. The van der Waals surface area contributed by atoms with Crippen LogP contribution in [-0.2, 0) is 14.3 Å². The van der Waals surface area contributed by atoms with E-state index in [2.05, 4.69) is 10.3 Å². The third-order valence-corrected chi connectivity index (χ3v) is 5.00. The van der Waals surface area contributed by atoms with Crippen molar-refractivity contribution in [1.29, 1.82) is 0 Å². The second kappa shape index (κ2) is 8.32. The van der Waals surface area contributed by atoms with Crippen molar-refractivity contribution in [3.8, 4) is 22.8 Å². The molecule has 0 bridgehead atoms. The van der Waals surface area contributed by atoms with Crippen molar-refractivity contribution in [2.24, 2.45) is 0 Å². The number of para-hydroxylation sites is 2. The van der Waals surface area contributed by atoms with E-state index < -0.39 is 24.1 Å². The molecule has 2 heterocycles. The summed E-state index contributed by atoms with van der Waals surface area (Å²) in [5.74, 6) is -0.0925. The summed E-state index contributed by atoms with van der Waals surface area (Å²) in [6.07, 6.45) is -1.93. The van der Waals surface area contributed by atoms with Crippen molar-refractivity contribution in [3.05, 3.63) is 60.0 Å². The lowest BCUT2D eigenvalue weighted by molar-refractivity contribution is -0.162. The molecule has 0 aliphatic carbocycles. The first-order chi connectivity index (χ1) is 14.1. The molecule has 2 aromatic carbocycles. The Labute approximate surface area is 171 Å². The zero-order valence-corrected chi connectivity index (χ0v) is 16.3. The van der Waals surface area contributed by atoms with Gasteiger partial charge in [-0.3, -0.25) is 10.1 Å². The number of ether oxygens (including phenoxy) is 3. The highest BCUT2D eigenvalue weighted by molar-refractivity contribution is 7.14. The summed E-state index contributed by atoms with van der Waals surface area (Å²) < 4.78 is 16.4. The van der Waals surface area contributed by atoms with Crippen LogP contribution >= 0.6 is 11.3 Å². The highest BCUT2D eigenvalue weighted by Gasteiger charge is 2.31. The van der Waals surface area contributed by atoms with Crippen LogP contribution in [0.15, 0.2) is 60.0 Å². The van der Waals surface area contributed by atoms with Gasteiger partial charge in [-0.15, -0.1) is 11.3 Å². The fourth-order valence-corrected chi connectivity index (χ4v) is 3.44. The Balaban J connectivity index is 1.33. The minimum atomic E-state index is -1.01. The van der Waals surface area contributed by atoms with Crippen molar-refractivity contribution >= 4 is 28.3 Å². The third-order valence-electron chi connectivity index (χ3n) is 4.24. The highest BCUT2D eigenvalue weighted by atomic mass is 32.1. The van der Waals surface area contributed by atoms with Gasteiger partial charge in [-0.25, -0.2) is 9.78 Å². The molecule has 0 unspecified atom stereocenters. The number of hydrogen-bond donors (Lipinski definition) is 1. The maximum atomic E-state index is 12.4. The number of hydrogen-bond acceptors (Lipinski definition) is 7. The van der Waals surface area contributed by atoms with E-state index >= 15 is 0 Å². The first-order valence-electron chi connectivity index (χ1n) is 9.01. The van der Waals surface area contributed by atoms with Crippen LogP contribution in [0.2, 0.25) is 0 Å². The van der Waals surface area contributed by atoms with E-state index in [0.717, 1.165) is 11.3 Å². The van der Waals surface area contributed by atoms with Crippen LogP contribution in [0.5, 0.6) is 11.5 Å². The monoisotopic (exact) mass is 410 g/mol. The summed E-state index contributed by atoms with van der Waals surface area (Å²) in [5, 5.41) is 4.96. The Bertz CT molecular complexity index is 1020. The normalized spacial score (nSPS) is 16.0. The molecule has 1 aliphatic rings. The van der Waals surface area contributed by atoms with Crippen LogP contribution in [0.1, 0.15) is 6.92 Å². The van der Waals surface area contributed by atoms with Crippen LogP contribution in [0, 0.1) is 0 Å². The molecule has 1 N–H and O–H groups in total. The number of esters is 1. The van der Waals surface area contributed by atoms with E-state index in [-0.39, 0.29) is 6.61 Å². The largest absolute Gasteiger partial charge is 0.485 e. The van der Waals surface area contributed by atoms with Gasteiger partial charge in [-0.2, -0.15) is 0 Å². The molecule has 0 spiro atoms. The molecule has 0 fully saturated rings. The number of carbonyl (C=O) groups is 2. The van der Waals surface area contributed by atoms with Gasteiger partial charge in [0, 0.05) is 10.9 Å². The average molecular weight is 410 g/mol. The minimum absolute atomic E-state index is 0.0249. The molecule has 1 amide bonds. The molecule has 2 atom stereocenters. The quantitative estimate of drug-likeness (QED) is 0.648. The van der Waals surface area contributed by atoms with Crippen LogP contribution in [0.3, 0.4) is 0 Å². The number of rotatable bonds is 5. The predicted molar refractivity (Wildman–Crippen MR) is 108 cm³/mol. The minimum Gasteiger partial charge on any atom is -0.485 e. The van der Waals surface area contributed by atoms with Gasteiger partial charge in [0.25, 0.3) is 5.91 Å². The Morgan fingerprint density at radius 2 is 1.86 bits per heavy atom. The van der Waals surface area contributed by atoms with Crippen molar-refractivity contribution < 1.29 is 23.8 Å². The van der Waals surface area contributed by atoms with Crippen LogP contribution in [-0.4, -0.2) is 35.7 Å². The summed E-state index contributed by atoms with van der Waals surface area (Å²) in [6, 6.07) is 16.7. The number of thiazole rings is 1. The van der Waals surface area contributed by atoms with Gasteiger partial charge >= 0.3 is 5.97 Å². The fraction of sp³-hybridized carbons (Fsp3) is 0.190. The van der Waals surface area contributed by atoms with Gasteiger partial charge in [-0.05, 0) is 19.1 Å². The average Bonchev–Trinajstić information content (AvgIpc) is 3.22. The first kappa shape index (κ1) is 18.9. The van der Waals surface area contributed by atoms with Gasteiger partial charge in [0.2, 0.25) is 6.10 Å². The Kier molecular flexibility index (Phi) is 5.44. The van der Waals surface area contributed by atoms with E-state index in [4.69, 9.17) is 14.2 Å². The van der Waals surface area contributed by atoms with E-state index in [1.165, 1.54) is 18.3 Å². The number of aromatic nitrogens is 1. The number of benzene rings is 2. The maximum absolute atomic E-state index is 12.4. The number of fused-ring (bicyclic) bond motifs is 1. The summed E-state index contributed by atoms with van der Waals surface area (Å²) in [7, 11) is 0. The molecular weight excluding hydrogens is 392 g/mol. The zero-order valence-electron chi connectivity index (χ0n) is 15.5. The Hall–Kier alpha value is -3.39. The number of nitrogens with one attached hydrogen (secondary N) is 1. The lowest BCUT2D eigenvalue weighted by Crippen LogP contribution is -2.41. The third kappa shape index (κ3) is 4.38. The van der Waals surface area contributed by atoms with Crippen LogP contribution < -0.4 is 14.8 Å². The molecule has 148 valence electrons. The zero-order chi connectivity index (χ0) is 20.2. The standard InChI is InChI=1S/C21H18N2O5S/c1-13(27-20(25)18-11-26-16-9-5-6-10-17(16)28-18)19(24)23-21-22-15(12-29-21)14-7-3-2-4-8-14/h2-10,12-13,18H,11H2,1H3,(H,22,23,24)/t13-,18+/m0/s1. The van der Waals surface area contributed by atoms with Gasteiger partial charge in [0.05, 0.1) is 5.69 Å². The molecular formula is C21H18N2O5S. The summed E-state index contributed by atoms with van der Waals surface area (Å²) in [6.45, 7) is 1.52. The van der Waals surface area contributed by atoms with Crippen molar-refractivity contribution in [3.63, 3.8) is 0 Å². The van der Waals surface area contributed by atoms with Gasteiger partial charge < -0.3 is 14.2 Å². The molecule has 3 aromatic rings. The van der Waals surface area contributed by atoms with E-state index in [0.29, 0.717) is 16.6 Å². The molecule has 0 saturated carbocycles. The summed E-state index contributed by atoms with van der Waals surface area (Å²) in [5.41, 5.74) is 1.72. The van der Waals surface area contributed by atoms with Crippen LogP contribution in [0.4, 0.5) is 5.13 Å². The summed E-state index contributed by atoms with van der Waals surface area (Å²) in [4.78, 5) is 29.1. The molecule has 1 aliphatic heterocycles. The molecule has 0 saturated heterocycles. The van der Waals surface area contributed by atoms with E-state index in [1.807, 2.05) is 41.8 Å². The summed E-state index contributed by atoms with van der Waals surface area (Å²) >= 11 is 1.30.